The lowest BCUT2D eigenvalue weighted by Crippen LogP contribution is -2.32. The number of aryl methyl sites for hydroxylation is 1. The van der Waals surface area contributed by atoms with Gasteiger partial charge in [0, 0.05) is 11.3 Å². The van der Waals surface area contributed by atoms with Crippen molar-refractivity contribution in [3.63, 3.8) is 0 Å². The van der Waals surface area contributed by atoms with Gasteiger partial charge in [-0.25, -0.2) is 13.1 Å². The Hall–Kier alpha value is -0.570. The Morgan fingerprint density at radius 1 is 1.56 bits per heavy atom. The molecule has 102 valence electrons. The van der Waals surface area contributed by atoms with E-state index in [4.69, 9.17) is 5.11 Å². The van der Waals surface area contributed by atoms with Gasteiger partial charge in [-0.2, -0.15) is 16.9 Å². The quantitative estimate of drug-likeness (QED) is 0.704. The zero-order valence-electron chi connectivity index (χ0n) is 10.4. The number of aliphatic hydroxyl groups is 1. The Kier molecular flexibility index (Phi) is 3.72. The van der Waals surface area contributed by atoms with Crippen LogP contribution < -0.4 is 4.72 Å². The van der Waals surface area contributed by atoms with Gasteiger partial charge in [0.15, 0.2) is 0 Å². The lowest BCUT2D eigenvalue weighted by atomic mass is 10.4. The van der Waals surface area contributed by atoms with E-state index in [1.54, 1.807) is 18.7 Å². The molecule has 1 aliphatic rings. The highest BCUT2D eigenvalue weighted by Gasteiger charge is 2.42. The van der Waals surface area contributed by atoms with E-state index in [2.05, 4.69) is 14.9 Å². The van der Waals surface area contributed by atoms with Crippen LogP contribution >= 0.6 is 11.8 Å². The Labute approximate surface area is 111 Å². The van der Waals surface area contributed by atoms with Crippen molar-refractivity contribution in [1.82, 2.24) is 14.9 Å². The number of nitrogens with one attached hydrogen (secondary N) is 2. The van der Waals surface area contributed by atoms with E-state index >= 15 is 0 Å². The minimum absolute atomic E-state index is 0.0596. The van der Waals surface area contributed by atoms with Crippen LogP contribution in [0.3, 0.4) is 0 Å². The molecule has 6 nitrogen and oxygen atoms in total. The minimum Gasteiger partial charge on any atom is -0.390 e. The maximum Gasteiger partial charge on any atom is 0.244 e. The average Bonchev–Trinajstić information content (AvgIpc) is 3.03. The summed E-state index contributed by atoms with van der Waals surface area (Å²) in [5, 5.41) is 15.5. The van der Waals surface area contributed by atoms with Gasteiger partial charge < -0.3 is 5.11 Å². The van der Waals surface area contributed by atoms with Gasteiger partial charge >= 0.3 is 0 Å². The van der Waals surface area contributed by atoms with Crippen LogP contribution in [0.1, 0.15) is 24.2 Å². The van der Waals surface area contributed by atoms with Crippen LogP contribution in [0, 0.1) is 6.92 Å². The Morgan fingerprint density at radius 2 is 2.22 bits per heavy atom. The molecule has 8 heteroatoms. The van der Waals surface area contributed by atoms with Gasteiger partial charge in [-0.15, -0.1) is 0 Å². The fraction of sp³-hybridized carbons (Fsp3) is 0.700. The first-order chi connectivity index (χ1) is 8.44. The van der Waals surface area contributed by atoms with Crippen LogP contribution in [0.25, 0.3) is 0 Å². The van der Waals surface area contributed by atoms with E-state index in [0.717, 1.165) is 12.8 Å². The van der Waals surface area contributed by atoms with Gasteiger partial charge in [-0.05, 0) is 26.0 Å². The molecular weight excluding hydrogens is 274 g/mol. The van der Waals surface area contributed by atoms with Crippen molar-refractivity contribution in [3.05, 3.63) is 11.4 Å². The summed E-state index contributed by atoms with van der Waals surface area (Å²) in [6.07, 6.45) is 4.06. The number of thioether (sulfide) groups is 1. The van der Waals surface area contributed by atoms with Crippen molar-refractivity contribution in [3.8, 4) is 0 Å². The maximum absolute atomic E-state index is 12.2. The van der Waals surface area contributed by atoms with Gasteiger partial charge in [0.05, 0.1) is 12.3 Å². The Balaban J connectivity index is 2.17. The van der Waals surface area contributed by atoms with Crippen LogP contribution in [0.5, 0.6) is 0 Å². The van der Waals surface area contributed by atoms with E-state index in [0.29, 0.717) is 12.2 Å². The van der Waals surface area contributed by atoms with Crippen molar-refractivity contribution < 1.29 is 13.5 Å². The number of rotatable bonds is 6. The molecule has 0 bridgehead atoms. The van der Waals surface area contributed by atoms with Crippen LogP contribution in [0.2, 0.25) is 0 Å². The third-order valence-corrected chi connectivity index (χ3v) is 6.23. The highest BCUT2D eigenvalue weighted by Crippen LogP contribution is 2.46. The largest absolute Gasteiger partial charge is 0.390 e. The van der Waals surface area contributed by atoms with E-state index in [1.165, 1.54) is 0 Å². The molecule has 0 aliphatic heterocycles. The van der Waals surface area contributed by atoms with Crippen molar-refractivity contribution in [2.45, 2.75) is 36.0 Å². The van der Waals surface area contributed by atoms with Crippen LogP contribution in [0.4, 0.5) is 0 Å². The zero-order valence-corrected chi connectivity index (χ0v) is 12.0. The van der Waals surface area contributed by atoms with E-state index in [9.17, 15) is 8.42 Å². The zero-order chi connectivity index (χ0) is 13.4. The molecule has 0 atom stereocenters. The van der Waals surface area contributed by atoms with Crippen molar-refractivity contribution in [2.24, 2.45) is 0 Å². The predicted octanol–water partition coefficient (Wildman–Crippen LogP) is 0.384. The first-order valence-corrected chi connectivity index (χ1v) is 8.34. The number of sulfonamides is 1. The highest BCUT2D eigenvalue weighted by molar-refractivity contribution is 8.00. The number of aromatic nitrogens is 2. The Morgan fingerprint density at radius 3 is 2.72 bits per heavy atom. The molecule has 1 fully saturated rings. The first kappa shape index (κ1) is 13.9. The van der Waals surface area contributed by atoms with Gasteiger partial charge in [-0.1, -0.05) is 0 Å². The molecular formula is C10H17N3O3S2. The molecule has 1 aromatic rings. The lowest BCUT2D eigenvalue weighted by molar-refractivity contribution is 0.273. The van der Waals surface area contributed by atoms with Crippen LogP contribution in [-0.4, -0.2) is 41.3 Å². The third kappa shape index (κ3) is 2.56. The van der Waals surface area contributed by atoms with Gasteiger partial charge in [-0.3, -0.25) is 5.10 Å². The molecule has 0 radical (unpaired) electrons. The molecule has 2 rings (SSSR count). The average molecular weight is 291 g/mol. The summed E-state index contributed by atoms with van der Waals surface area (Å²) < 4.78 is 27.1. The number of H-pyrrole nitrogens is 1. The summed E-state index contributed by atoms with van der Waals surface area (Å²) in [6, 6.07) is 0. The number of aromatic amines is 1. The molecule has 0 unspecified atom stereocenters. The van der Waals surface area contributed by atoms with Crippen LogP contribution in [-0.2, 0) is 16.6 Å². The summed E-state index contributed by atoms with van der Waals surface area (Å²) in [5.74, 6) is 0. The standard InChI is InChI=1S/C10H17N3O3S2/c1-7-9(8(5-14)13-12-7)18(15,16)11-6-10(17-2)3-4-10/h11,14H,3-6H2,1-2H3,(H,12,13). The molecule has 0 aromatic carbocycles. The maximum atomic E-state index is 12.2. The smallest absolute Gasteiger partial charge is 0.244 e. The fourth-order valence-corrected chi connectivity index (χ4v) is 4.12. The molecule has 1 heterocycles. The minimum atomic E-state index is -3.61. The van der Waals surface area contributed by atoms with E-state index < -0.39 is 16.6 Å². The number of hydrogen-bond acceptors (Lipinski definition) is 5. The van der Waals surface area contributed by atoms with E-state index in [-0.39, 0.29) is 15.3 Å². The second kappa shape index (κ2) is 4.84. The lowest BCUT2D eigenvalue weighted by Gasteiger charge is -2.13. The van der Waals surface area contributed by atoms with Crippen molar-refractivity contribution in [2.75, 3.05) is 12.8 Å². The second-order valence-corrected chi connectivity index (χ2v) is 7.47. The van der Waals surface area contributed by atoms with Crippen molar-refractivity contribution >= 4 is 21.8 Å². The fourth-order valence-electron chi connectivity index (χ4n) is 1.82. The molecule has 1 saturated carbocycles. The van der Waals surface area contributed by atoms with Gasteiger partial charge in [0.2, 0.25) is 10.0 Å². The van der Waals surface area contributed by atoms with Gasteiger partial charge in [0.1, 0.15) is 10.6 Å². The molecule has 1 aromatic heterocycles. The van der Waals surface area contributed by atoms with E-state index in [1.807, 2.05) is 6.26 Å². The third-order valence-electron chi connectivity index (χ3n) is 3.20. The SMILES string of the molecule is CSC1(CNS(=O)(=O)c2c(CO)n[nH]c2C)CC1. The molecule has 0 spiro atoms. The van der Waals surface area contributed by atoms with Crippen LogP contribution in [0.15, 0.2) is 4.90 Å². The van der Waals surface area contributed by atoms with Gasteiger partial charge in [0.25, 0.3) is 0 Å². The Bertz CT molecular complexity index is 535. The summed E-state index contributed by atoms with van der Waals surface area (Å²) in [6.45, 7) is 1.66. The van der Waals surface area contributed by atoms with Crippen molar-refractivity contribution in [1.29, 1.82) is 0 Å². The molecule has 0 amide bonds. The molecule has 0 saturated heterocycles. The first-order valence-electron chi connectivity index (χ1n) is 5.64. The monoisotopic (exact) mass is 291 g/mol. The molecule has 18 heavy (non-hydrogen) atoms. The number of aliphatic hydroxyl groups excluding tert-OH is 1. The topological polar surface area (TPSA) is 95.1 Å². The molecule has 1 aliphatic carbocycles. The summed E-state index contributed by atoms with van der Waals surface area (Å²) in [7, 11) is -3.61. The normalized spacial score (nSPS) is 17.9. The highest BCUT2D eigenvalue weighted by atomic mass is 32.2. The number of hydrogen-bond donors (Lipinski definition) is 3. The molecule has 3 N–H and O–H groups in total. The predicted molar refractivity (Wildman–Crippen MR) is 69.9 cm³/mol. The summed E-state index contributed by atoms with van der Waals surface area (Å²) in [5.41, 5.74) is 0.606. The summed E-state index contributed by atoms with van der Waals surface area (Å²) >= 11 is 1.69. The second-order valence-electron chi connectivity index (χ2n) is 4.49. The summed E-state index contributed by atoms with van der Waals surface area (Å²) in [4.78, 5) is 0.0712. The number of nitrogens with zero attached hydrogens (tertiary/aromatic N) is 1.